The summed E-state index contributed by atoms with van der Waals surface area (Å²) in [6, 6.07) is 10.5. The number of carbonyl (C=O) groups is 2. The zero-order chi connectivity index (χ0) is 15.0. The SMILES string of the molecule is O=C1C=C(c2ccc(F)cc2)C(=O)N1c1cccc(F)c1. The molecule has 0 bridgehead atoms. The molecular formula is C16H9F2NO2. The lowest BCUT2D eigenvalue weighted by Gasteiger charge is -2.14. The first kappa shape index (κ1) is 13.2. The number of benzene rings is 2. The monoisotopic (exact) mass is 285 g/mol. The maximum Gasteiger partial charge on any atom is 0.266 e. The number of anilines is 1. The van der Waals surface area contributed by atoms with Gasteiger partial charge in [-0.3, -0.25) is 9.59 Å². The van der Waals surface area contributed by atoms with Crippen molar-refractivity contribution in [2.24, 2.45) is 0 Å². The normalized spacial score (nSPS) is 14.6. The lowest BCUT2D eigenvalue weighted by atomic mass is 10.1. The summed E-state index contributed by atoms with van der Waals surface area (Å²) in [6.45, 7) is 0. The third kappa shape index (κ3) is 2.33. The van der Waals surface area contributed by atoms with E-state index in [1.807, 2.05) is 0 Å². The molecule has 0 N–H and O–H groups in total. The second-order valence-corrected chi connectivity index (χ2v) is 4.52. The van der Waals surface area contributed by atoms with Gasteiger partial charge >= 0.3 is 0 Å². The highest BCUT2D eigenvalue weighted by Crippen LogP contribution is 2.28. The fourth-order valence-corrected chi connectivity index (χ4v) is 2.17. The first-order valence-corrected chi connectivity index (χ1v) is 6.18. The number of hydrogen-bond donors (Lipinski definition) is 0. The van der Waals surface area contributed by atoms with E-state index < -0.39 is 23.4 Å². The van der Waals surface area contributed by atoms with E-state index in [1.54, 1.807) is 0 Å². The molecule has 2 aromatic rings. The van der Waals surface area contributed by atoms with Crippen molar-refractivity contribution in [3.63, 3.8) is 0 Å². The van der Waals surface area contributed by atoms with Crippen LogP contribution in [0.1, 0.15) is 5.56 Å². The standard InChI is InChI=1S/C16H9F2NO2/c17-11-6-4-10(5-7-11)14-9-15(20)19(16(14)21)13-3-1-2-12(18)8-13/h1-9H. The number of rotatable bonds is 2. The molecule has 0 spiro atoms. The predicted molar refractivity (Wildman–Crippen MR) is 73.3 cm³/mol. The van der Waals surface area contributed by atoms with Gasteiger partial charge in [0.05, 0.1) is 11.3 Å². The molecule has 0 saturated heterocycles. The van der Waals surface area contributed by atoms with Gasteiger partial charge in [0.1, 0.15) is 11.6 Å². The molecule has 104 valence electrons. The summed E-state index contributed by atoms with van der Waals surface area (Å²) >= 11 is 0. The molecule has 5 heteroatoms. The van der Waals surface area contributed by atoms with Gasteiger partial charge in [0.2, 0.25) is 0 Å². The Morgan fingerprint density at radius 1 is 0.857 bits per heavy atom. The smallest absolute Gasteiger partial charge is 0.266 e. The Morgan fingerprint density at radius 3 is 2.24 bits per heavy atom. The molecular weight excluding hydrogens is 276 g/mol. The van der Waals surface area contributed by atoms with Gasteiger partial charge in [-0.1, -0.05) is 18.2 Å². The van der Waals surface area contributed by atoms with Crippen molar-refractivity contribution in [3.05, 3.63) is 71.8 Å². The van der Waals surface area contributed by atoms with E-state index in [9.17, 15) is 18.4 Å². The van der Waals surface area contributed by atoms with Gasteiger partial charge in [0.15, 0.2) is 0 Å². The average molecular weight is 285 g/mol. The van der Waals surface area contributed by atoms with Crippen molar-refractivity contribution in [1.29, 1.82) is 0 Å². The quantitative estimate of drug-likeness (QED) is 0.796. The van der Waals surface area contributed by atoms with E-state index in [-0.39, 0.29) is 11.3 Å². The van der Waals surface area contributed by atoms with Crippen molar-refractivity contribution < 1.29 is 18.4 Å². The minimum absolute atomic E-state index is 0.157. The summed E-state index contributed by atoms with van der Waals surface area (Å²) in [5.41, 5.74) is 0.760. The van der Waals surface area contributed by atoms with Gasteiger partial charge in [-0.05, 0) is 35.9 Å². The Hall–Kier alpha value is -2.82. The van der Waals surface area contributed by atoms with Crippen LogP contribution in [0.4, 0.5) is 14.5 Å². The van der Waals surface area contributed by atoms with E-state index in [4.69, 9.17) is 0 Å². The highest BCUT2D eigenvalue weighted by atomic mass is 19.1. The molecule has 2 amide bonds. The molecule has 3 rings (SSSR count). The van der Waals surface area contributed by atoms with Crippen molar-refractivity contribution in [3.8, 4) is 0 Å². The molecule has 0 fully saturated rings. The van der Waals surface area contributed by atoms with Crippen molar-refractivity contribution in [2.45, 2.75) is 0 Å². The van der Waals surface area contributed by atoms with Crippen LogP contribution in [-0.4, -0.2) is 11.8 Å². The third-order valence-electron chi connectivity index (χ3n) is 3.14. The predicted octanol–water partition coefficient (Wildman–Crippen LogP) is 2.92. The van der Waals surface area contributed by atoms with E-state index in [0.29, 0.717) is 5.56 Å². The lowest BCUT2D eigenvalue weighted by molar-refractivity contribution is -0.119. The van der Waals surface area contributed by atoms with Gasteiger partial charge in [-0.25, -0.2) is 13.7 Å². The number of hydrogen-bond acceptors (Lipinski definition) is 2. The van der Waals surface area contributed by atoms with E-state index in [1.165, 1.54) is 48.5 Å². The Morgan fingerprint density at radius 2 is 1.57 bits per heavy atom. The summed E-state index contributed by atoms with van der Waals surface area (Å²) in [5.74, 6) is -2.08. The van der Waals surface area contributed by atoms with Crippen LogP contribution < -0.4 is 4.90 Å². The summed E-state index contributed by atoms with van der Waals surface area (Å²) in [7, 11) is 0. The minimum Gasteiger partial charge on any atom is -0.269 e. The van der Waals surface area contributed by atoms with Gasteiger partial charge < -0.3 is 0 Å². The molecule has 0 atom stereocenters. The first-order chi connectivity index (χ1) is 10.1. The molecule has 1 aliphatic heterocycles. The third-order valence-corrected chi connectivity index (χ3v) is 3.14. The van der Waals surface area contributed by atoms with Gasteiger partial charge in [-0.2, -0.15) is 0 Å². The maximum absolute atomic E-state index is 13.2. The molecule has 0 radical (unpaired) electrons. The topological polar surface area (TPSA) is 37.4 Å². The van der Waals surface area contributed by atoms with Crippen LogP contribution in [0.25, 0.3) is 5.57 Å². The second-order valence-electron chi connectivity index (χ2n) is 4.52. The van der Waals surface area contributed by atoms with E-state index >= 15 is 0 Å². The molecule has 3 nitrogen and oxygen atoms in total. The van der Waals surface area contributed by atoms with E-state index in [0.717, 1.165) is 11.0 Å². The lowest BCUT2D eigenvalue weighted by Crippen LogP contribution is -2.30. The zero-order valence-electron chi connectivity index (χ0n) is 10.7. The van der Waals surface area contributed by atoms with Gasteiger partial charge in [-0.15, -0.1) is 0 Å². The first-order valence-electron chi connectivity index (χ1n) is 6.18. The molecule has 0 aliphatic carbocycles. The Balaban J connectivity index is 1.97. The molecule has 21 heavy (non-hydrogen) atoms. The number of nitrogens with zero attached hydrogens (tertiary/aromatic N) is 1. The second kappa shape index (κ2) is 4.94. The van der Waals surface area contributed by atoms with Crippen molar-refractivity contribution in [2.75, 3.05) is 4.90 Å². The maximum atomic E-state index is 13.2. The zero-order valence-corrected chi connectivity index (χ0v) is 10.7. The summed E-state index contributed by atoms with van der Waals surface area (Å²) < 4.78 is 26.1. The minimum atomic E-state index is -0.558. The number of amides is 2. The van der Waals surface area contributed by atoms with Crippen LogP contribution >= 0.6 is 0 Å². The highest BCUT2D eigenvalue weighted by Gasteiger charge is 2.33. The Labute approximate surface area is 119 Å². The largest absolute Gasteiger partial charge is 0.269 e. The highest BCUT2D eigenvalue weighted by molar-refractivity contribution is 6.43. The number of imide groups is 1. The summed E-state index contributed by atoms with van der Waals surface area (Å²) in [5, 5.41) is 0. The van der Waals surface area contributed by atoms with Crippen molar-refractivity contribution >= 4 is 23.1 Å². The summed E-state index contributed by atoms with van der Waals surface area (Å²) in [6.07, 6.45) is 1.17. The van der Waals surface area contributed by atoms with Crippen LogP contribution in [0.3, 0.4) is 0 Å². The summed E-state index contributed by atoms with van der Waals surface area (Å²) in [4.78, 5) is 25.2. The molecule has 0 aromatic heterocycles. The van der Waals surface area contributed by atoms with Crippen LogP contribution in [0, 0.1) is 11.6 Å². The fraction of sp³-hybridized carbons (Fsp3) is 0. The number of halogens is 2. The van der Waals surface area contributed by atoms with Gasteiger partial charge in [0, 0.05) is 6.08 Å². The Kier molecular flexibility index (Phi) is 3.10. The molecule has 0 unspecified atom stereocenters. The van der Waals surface area contributed by atoms with Crippen LogP contribution in [-0.2, 0) is 9.59 Å². The van der Waals surface area contributed by atoms with Crippen LogP contribution in [0.15, 0.2) is 54.6 Å². The fourth-order valence-electron chi connectivity index (χ4n) is 2.17. The molecule has 0 saturated carbocycles. The van der Waals surface area contributed by atoms with Crippen LogP contribution in [0.2, 0.25) is 0 Å². The van der Waals surface area contributed by atoms with Crippen molar-refractivity contribution in [1.82, 2.24) is 0 Å². The van der Waals surface area contributed by atoms with Crippen LogP contribution in [0.5, 0.6) is 0 Å². The molecule has 2 aromatic carbocycles. The average Bonchev–Trinajstić information content (AvgIpc) is 2.75. The van der Waals surface area contributed by atoms with Gasteiger partial charge in [0.25, 0.3) is 11.8 Å². The number of carbonyl (C=O) groups excluding carboxylic acids is 2. The molecule has 1 aliphatic rings. The molecule has 1 heterocycles. The Bertz CT molecular complexity index is 766. The van der Waals surface area contributed by atoms with E-state index in [2.05, 4.69) is 0 Å².